The lowest BCUT2D eigenvalue weighted by molar-refractivity contribution is 0.512. The first-order valence-electron chi connectivity index (χ1n) is 10.1. The van der Waals surface area contributed by atoms with Gasteiger partial charge in [0.15, 0.2) is 0 Å². The Morgan fingerprint density at radius 3 is 2.57 bits per heavy atom. The number of aryl methyl sites for hydroxylation is 1. The Hall–Kier alpha value is -2.28. The zero-order valence-electron chi connectivity index (χ0n) is 16.8. The lowest BCUT2D eigenvalue weighted by Gasteiger charge is -2.17. The predicted molar refractivity (Wildman–Crippen MR) is 117 cm³/mol. The van der Waals surface area contributed by atoms with Crippen molar-refractivity contribution in [3.05, 3.63) is 30.0 Å². The first-order valence-corrected chi connectivity index (χ1v) is 10.9. The van der Waals surface area contributed by atoms with Crippen LogP contribution in [0.5, 0.6) is 0 Å². The summed E-state index contributed by atoms with van der Waals surface area (Å²) in [6.07, 6.45) is 4.78. The fraction of sp³-hybridized carbons (Fsp3) is 0.476. The monoisotopic (exact) mass is 401 g/mol. The van der Waals surface area contributed by atoms with Gasteiger partial charge in [-0.2, -0.15) is 4.98 Å². The quantitative estimate of drug-likeness (QED) is 0.544. The van der Waals surface area contributed by atoms with Gasteiger partial charge in [-0.3, -0.25) is 0 Å². The normalized spacial score (nSPS) is 14.0. The van der Waals surface area contributed by atoms with Crippen molar-refractivity contribution >= 4 is 33.3 Å². The minimum absolute atomic E-state index is 0.211. The summed E-state index contributed by atoms with van der Waals surface area (Å²) < 4.78 is 13.7. The van der Waals surface area contributed by atoms with Crippen LogP contribution in [0.25, 0.3) is 20.8 Å². The molecule has 2 N–H and O–H groups in total. The van der Waals surface area contributed by atoms with E-state index in [2.05, 4.69) is 26.7 Å². The van der Waals surface area contributed by atoms with E-state index < -0.39 is 6.67 Å². The highest BCUT2D eigenvalue weighted by molar-refractivity contribution is 7.21. The second-order valence-corrected chi connectivity index (χ2v) is 7.62. The average Bonchev–Trinajstić information content (AvgIpc) is 3.37. The van der Waals surface area contributed by atoms with E-state index in [4.69, 9.17) is 4.98 Å². The van der Waals surface area contributed by atoms with Crippen LogP contribution in [-0.4, -0.2) is 34.2 Å². The number of hydrogen-bond acceptors (Lipinski definition) is 6. The van der Waals surface area contributed by atoms with Gasteiger partial charge in [0.25, 0.3) is 0 Å². The number of halogens is 1. The Bertz CT molecular complexity index is 872. The maximum atomic E-state index is 12.5. The molecule has 0 aliphatic heterocycles. The maximum absolute atomic E-state index is 12.5. The molecule has 4 rings (SSSR count). The van der Waals surface area contributed by atoms with Gasteiger partial charge in [-0.05, 0) is 31.9 Å². The third-order valence-electron chi connectivity index (χ3n) is 4.67. The third-order valence-corrected chi connectivity index (χ3v) is 5.73. The molecule has 2 heterocycles. The van der Waals surface area contributed by atoms with Crippen LogP contribution in [0.3, 0.4) is 0 Å². The molecule has 1 fully saturated rings. The molecular formula is C21H28FN5S. The number of hydrogen-bond donors (Lipinski definition) is 2. The molecule has 7 heteroatoms. The van der Waals surface area contributed by atoms with Crippen molar-refractivity contribution < 1.29 is 4.39 Å². The van der Waals surface area contributed by atoms with Gasteiger partial charge in [-0.25, -0.2) is 14.4 Å². The molecule has 150 valence electrons. The fourth-order valence-corrected chi connectivity index (χ4v) is 4.48. The first-order chi connectivity index (χ1) is 13.7. The minimum atomic E-state index is -0.451. The highest BCUT2D eigenvalue weighted by Gasteiger charge is 2.21. The van der Waals surface area contributed by atoms with Crippen molar-refractivity contribution in [2.75, 3.05) is 23.9 Å². The number of thiazole rings is 1. The van der Waals surface area contributed by atoms with E-state index in [1.54, 1.807) is 11.3 Å². The molecule has 1 saturated carbocycles. The SMILES string of the molecule is CC.Cc1nc(NCCF)nc(NC2CCCC2)c1-c1nc2ccccc2s1. The second-order valence-electron chi connectivity index (χ2n) is 6.58. The zero-order chi connectivity index (χ0) is 19.9. The number of nitrogens with one attached hydrogen (secondary N) is 2. The van der Waals surface area contributed by atoms with Gasteiger partial charge >= 0.3 is 0 Å². The third kappa shape index (κ3) is 4.58. The summed E-state index contributed by atoms with van der Waals surface area (Å²) in [4.78, 5) is 14.0. The molecule has 5 nitrogen and oxygen atoms in total. The number of anilines is 2. The van der Waals surface area contributed by atoms with E-state index in [0.29, 0.717) is 12.0 Å². The van der Waals surface area contributed by atoms with Crippen molar-refractivity contribution in [2.24, 2.45) is 0 Å². The van der Waals surface area contributed by atoms with E-state index in [1.165, 1.54) is 12.8 Å². The number of alkyl halides is 1. The molecule has 1 aliphatic rings. The summed E-state index contributed by atoms with van der Waals surface area (Å²) >= 11 is 1.65. The summed E-state index contributed by atoms with van der Waals surface area (Å²) in [6.45, 7) is 5.72. The van der Waals surface area contributed by atoms with Crippen LogP contribution < -0.4 is 10.6 Å². The average molecular weight is 402 g/mol. The molecule has 1 aliphatic carbocycles. The van der Waals surface area contributed by atoms with Crippen molar-refractivity contribution in [1.29, 1.82) is 0 Å². The number of fused-ring (bicyclic) bond motifs is 1. The second kappa shape index (κ2) is 9.78. The Balaban J connectivity index is 0.00000109. The van der Waals surface area contributed by atoms with E-state index >= 15 is 0 Å². The van der Waals surface area contributed by atoms with Crippen molar-refractivity contribution in [3.63, 3.8) is 0 Å². The summed E-state index contributed by atoms with van der Waals surface area (Å²) in [7, 11) is 0. The van der Waals surface area contributed by atoms with Gasteiger partial charge in [0.05, 0.1) is 21.5 Å². The van der Waals surface area contributed by atoms with Gasteiger partial charge in [-0.15, -0.1) is 11.3 Å². The minimum Gasteiger partial charge on any atom is -0.367 e. The first kappa shape index (κ1) is 20.5. The van der Waals surface area contributed by atoms with Gasteiger partial charge in [0.2, 0.25) is 5.95 Å². The van der Waals surface area contributed by atoms with Crippen LogP contribution in [0, 0.1) is 6.92 Å². The van der Waals surface area contributed by atoms with Gasteiger partial charge in [-0.1, -0.05) is 38.8 Å². The predicted octanol–water partition coefficient (Wildman–Crippen LogP) is 5.82. The standard InChI is InChI=1S/C19H22FN5S.C2H6/c1-12-16(18-24-14-8-4-5-9-15(14)26-18)17(23-13-6-2-3-7-13)25-19(22-12)21-11-10-20;1-2/h4-5,8-9,13H,2-3,6-7,10-11H2,1H3,(H2,21,22,23,25);1-2H3. The molecular weight excluding hydrogens is 373 g/mol. The van der Waals surface area contributed by atoms with Crippen molar-refractivity contribution in [1.82, 2.24) is 15.0 Å². The van der Waals surface area contributed by atoms with Crippen LogP contribution in [-0.2, 0) is 0 Å². The molecule has 2 aromatic heterocycles. The zero-order valence-corrected chi connectivity index (χ0v) is 17.6. The maximum Gasteiger partial charge on any atom is 0.224 e. The summed E-state index contributed by atoms with van der Waals surface area (Å²) in [5.74, 6) is 1.26. The lowest BCUT2D eigenvalue weighted by atomic mass is 10.2. The molecule has 0 amide bonds. The van der Waals surface area contributed by atoms with Crippen molar-refractivity contribution in [2.45, 2.75) is 52.5 Å². The molecule has 0 radical (unpaired) electrons. The summed E-state index contributed by atoms with van der Waals surface area (Å²) in [6, 6.07) is 8.54. The van der Waals surface area contributed by atoms with Crippen LogP contribution in [0.1, 0.15) is 45.2 Å². The summed E-state index contributed by atoms with van der Waals surface area (Å²) in [5.41, 5.74) is 2.78. The van der Waals surface area contributed by atoms with Gasteiger partial charge in [0, 0.05) is 12.6 Å². The smallest absolute Gasteiger partial charge is 0.224 e. The molecule has 0 bridgehead atoms. The van der Waals surface area contributed by atoms with Crippen LogP contribution in [0.15, 0.2) is 24.3 Å². The van der Waals surface area contributed by atoms with Gasteiger partial charge < -0.3 is 10.6 Å². The molecule has 28 heavy (non-hydrogen) atoms. The number of rotatable bonds is 6. The van der Waals surface area contributed by atoms with Crippen LogP contribution >= 0.6 is 11.3 Å². The molecule has 3 aromatic rings. The van der Waals surface area contributed by atoms with Gasteiger partial charge in [0.1, 0.15) is 17.5 Å². The fourth-order valence-electron chi connectivity index (χ4n) is 3.41. The van der Waals surface area contributed by atoms with E-state index in [0.717, 1.165) is 45.1 Å². The molecule has 1 aromatic carbocycles. The Kier molecular flexibility index (Phi) is 7.14. The van der Waals surface area contributed by atoms with E-state index in [9.17, 15) is 4.39 Å². The number of benzene rings is 1. The molecule has 0 atom stereocenters. The highest BCUT2D eigenvalue weighted by Crippen LogP contribution is 2.37. The molecule has 0 spiro atoms. The number of aromatic nitrogens is 3. The number of nitrogens with zero attached hydrogens (tertiary/aromatic N) is 3. The molecule has 0 unspecified atom stereocenters. The topological polar surface area (TPSA) is 62.7 Å². The number of para-hydroxylation sites is 1. The van der Waals surface area contributed by atoms with Crippen molar-refractivity contribution in [3.8, 4) is 10.6 Å². The Morgan fingerprint density at radius 2 is 1.86 bits per heavy atom. The highest BCUT2D eigenvalue weighted by atomic mass is 32.1. The van der Waals surface area contributed by atoms with E-state index in [-0.39, 0.29) is 6.54 Å². The van der Waals surface area contributed by atoms with Crippen LogP contribution in [0.2, 0.25) is 0 Å². The molecule has 0 saturated heterocycles. The largest absolute Gasteiger partial charge is 0.367 e. The lowest BCUT2D eigenvalue weighted by Crippen LogP contribution is -2.18. The summed E-state index contributed by atoms with van der Waals surface area (Å²) in [5, 5.41) is 7.46. The van der Waals surface area contributed by atoms with E-state index in [1.807, 2.05) is 39.0 Å². The Labute approximate surface area is 169 Å². The van der Waals surface area contributed by atoms with Crippen LogP contribution in [0.4, 0.5) is 16.2 Å². The Morgan fingerprint density at radius 1 is 1.11 bits per heavy atom.